The number of urea groups is 1. The summed E-state index contributed by atoms with van der Waals surface area (Å²) in [4.78, 5) is 24.9. The van der Waals surface area contributed by atoms with Gasteiger partial charge in [-0.2, -0.15) is 0 Å². The first-order chi connectivity index (χ1) is 12.1. The fourth-order valence-corrected chi connectivity index (χ4v) is 2.50. The molecule has 5 nitrogen and oxygen atoms in total. The van der Waals surface area contributed by atoms with Crippen LogP contribution in [0, 0.1) is 5.82 Å². The number of ether oxygens (including phenoxy) is 1. The van der Waals surface area contributed by atoms with E-state index in [1.54, 1.807) is 55.5 Å². The summed E-state index contributed by atoms with van der Waals surface area (Å²) in [5.41, 5.74) is 1.38. The van der Waals surface area contributed by atoms with E-state index in [-0.39, 0.29) is 24.0 Å². The van der Waals surface area contributed by atoms with Crippen LogP contribution in [0.25, 0.3) is 6.08 Å². The minimum absolute atomic E-state index is 0.103. The lowest BCUT2D eigenvalue weighted by Gasteiger charge is -2.08. The monoisotopic (exact) mass is 340 g/mol. The summed E-state index contributed by atoms with van der Waals surface area (Å²) in [6.45, 7) is 2.15. The molecule has 1 saturated heterocycles. The Hall–Kier alpha value is -3.15. The van der Waals surface area contributed by atoms with E-state index in [9.17, 15) is 14.0 Å². The lowest BCUT2D eigenvalue weighted by Crippen LogP contribution is -2.30. The van der Waals surface area contributed by atoms with Crippen LogP contribution in [0.1, 0.15) is 18.1 Å². The zero-order valence-electron chi connectivity index (χ0n) is 13.7. The molecule has 0 saturated carbocycles. The summed E-state index contributed by atoms with van der Waals surface area (Å²) >= 11 is 0. The van der Waals surface area contributed by atoms with Crippen molar-refractivity contribution in [1.82, 2.24) is 10.2 Å². The highest BCUT2D eigenvalue weighted by Gasteiger charge is 2.31. The molecule has 2 aromatic carbocycles. The molecule has 25 heavy (non-hydrogen) atoms. The highest BCUT2D eigenvalue weighted by atomic mass is 19.1. The molecule has 0 unspecified atom stereocenters. The third kappa shape index (κ3) is 3.68. The van der Waals surface area contributed by atoms with E-state index in [4.69, 9.17) is 4.74 Å². The van der Waals surface area contributed by atoms with Gasteiger partial charge in [0.15, 0.2) is 0 Å². The van der Waals surface area contributed by atoms with E-state index < -0.39 is 6.03 Å². The first-order valence-corrected chi connectivity index (χ1v) is 7.89. The molecule has 1 N–H and O–H groups in total. The molecule has 2 aromatic rings. The van der Waals surface area contributed by atoms with Crippen molar-refractivity contribution in [2.75, 3.05) is 6.54 Å². The largest absolute Gasteiger partial charge is 0.489 e. The molecule has 0 aromatic heterocycles. The van der Waals surface area contributed by atoms with Gasteiger partial charge in [0.2, 0.25) is 0 Å². The Labute approximate surface area is 144 Å². The van der Waals surface area contributed by atoms with E-state index in [0.717, 1.165) is 4.90 Å². The molecule has 0 radical (unpaired) electrons. The Morgan fingerprint density at radius 2 is 1.96 bits per heavy atom. The van der Waals surface area contributed by atoms with Crippen molar-refractivity contribution < 1.29 is 18.7 Å². The molecule has 1 aliphatic rings. The summed E-state index contributed by atoms with van der Waals surface area (Å²) < 4.78 is 19.2. The van der Waals surface area contributed by atoms with Crippen LogP contribution in [-0.4, -0.2) is 23.4 Å². The van der Waals surface area contributed by atoms with Gasteiger partial charge in [0.25, 0.3) is 5.91 Å². The van der Waals surface area contributed by atoms with Gasteiger partial charge < -0.3 is 10.1 Å². The number of amides is 3. The average molecular weight is 340 g/mol. The van der Waals surface area contributed by atoms with Crippen LogP contribution < -0.4 is 10.1 Å². The summed E-state index contributed by atoms with van der Waals surface area (Å²) in [7, 11) is 0. The van der Waals surface area contributed by atoms with Gasteiger partial charge in [0, 0.05) is 12.1 Å². The molecule has 128 valence electrons. The molecule has 3 amide bonds. The van der Waals surface area contributed by atoms with E-state index in [1.165, 1.54) is 6.07 Å². The second-order valence-electron chi connectivity index (χ2n) is 5.49. The van der Waals surface area contributed by atoms with Crippen LogP contribution >= 0.6 is 0 Å². The lowest BCUT2D eigenvalue weighted by molar-refractivity contribution is -0.122. The van der Waals surface area contributed by atoms with Gasteiger partial charge in [-0.25, -0.2) is 9.18 Å². The topological polar surface area (TPSA) is 58.6 Å². The van der Waals surface area contributed by atoms with Crippen molar-refractivity contribution >= 4 is 18.0 Å². The molecule has 0 aliphatic carbocycles. The SMILES string of the molecule is CCN1C(=O)N/C(=C/c2cccc(OCc3ccccc3F)c2)C1=O. The van der Waals surface area contributed by atoms with Crippen molar-refractivity contribution in [1.29, 1.82) is 0 Å². The Balaban J connectivity index is 1.74. The minimum atomic E-state index is -0.425. The predicted molar refractivity (Wildman–Crippen MR) is 91.1 cm³/mol. The third-order valence-corrected chi connectivity index (χ3v) is 3.80. The fraction of sp³-hybridized carbons (Fsp3) is 0.158. The molecule has 6 heteroatoms. The molecular weight excluding hydrogens is 323 g/mol. The van der Waals surface area contributed by atoms with E-state index >= 15 is 0 Å². The van der Waals surface area contributed by atoms with Gasteiger partial charge in [-0.3, -0.25) is 9.69 Å². The zero-order chi connectivity index (χ0) is 17.8. The van der Waals surface area contributed by atoms with Crippen molar-refractivity contribution in [3.63, 3.8) is 0 Å². The van der Waals surface area contributed by atoms with Crippen molar-refractivity contribution in [3.8, 4) is 5.75 Å². The maximum atomic E-state index is 13.6. The Morgan fingerprint density at radius 3 is 2.68 bits per heavy atom. The van der Waals surface area contributed by atoms with Gasteiger partial charge in [0.1, 0.15) is 23.9 Å². The fourth-order valence-electron chi connectivity index (χ4n) is 2.50. The van der Waals surface area contributed by atoms with Crippen LogP contribution in [0.15, 0.2) is 54.2 Å². The number of rotatable bonds is 5. The summed E-state index contributed by atoms with van der Waals surface area (Å²) in [6.07, 6.45) is 1.59. The number of carbonyl (C=O) groups excluding carboxylic acids is 2. The molecular formula is C19H17FN2O3. The molecule has 1 fully saturated rings. The Morgan fingerprint density at radius 1 is 1.16 bits per heavy atom. The molecule has 0 spiro atoms. The molecule has 1 heterocycles. The third-order valence-electron chi connectivity index (χ3n) is 3.80. The number of likely N-dealkylation sites (N-methyl/N-ethyl adjacent to an activating group) is 1. The summed E-state index contributed by atoms with van der Waals surface area (Å²) in [6, 6.07) is 13.0. The van der Waals surface area contributed by atoms with Crippen molar-refractivity contribution in [3.05, 3.63) is 71.2 Å². The number of imide groups is 1. The van der Waals surface area contributed by atoms with Crippen molar-refractivity contribution in [2.24, 2.45) is 0 Å². The molecule has 1 aliphatic heterocycles. The average Bonchev–Trinajstić information content (AvgIpc) is 2.87. The number of halogens is 1. The predicted octanol–water partition coefficient (Wildman–Crippen LogP) is 3.32. The Kier molecular flexibility index (Phi) is 4.79. The second kappa shape index (κ2) is 7.17. The van der Waals surface area contributed by atoms with Crippen LogP contribution in [0.2, 0.25) is 0 Å². The van der Waals surface area contributed by atoms with Crippen LogP contribution in [-0.2, 0) is 11.4 Å². The normalized spacial score (nSPS) is 15.6. The van der Waals surface area contributed by atoms with Gasteiger partial charge in [-0.1, -0.05) is 30.3 Å². The first-order valence-electron chi connectivity index (χ1n) is 7.89. The van der Waals surface area contributed by atoms with Gasteiger partial charge in [-0.15, -0.1) is 0 Å². The highest BCUT2D eigenvalue weighted by molar-refractivity contribution is 6.13. The number of nitrogens with one attached hydrogen (secondary N) is 1. The number of benzene rings is 2. The number of hydrogen-bond acceptors (Lipinski definition) is 3. The number of hydrogen-bond donors (Lipinski definition) is 1. The zero-order valence-corrected chi connectivity index (χ0v) is 13.7. The number of nitrogens with zero attached hydrogens (tertiary/aromatic N) is 1. The van der Waals surface area contributed by atoms with Crippen molar-refractivity contribution in [2.45, 2.75) is 13.5 Å². The summed E-state index contributed by atoms with van der Waals surface area (Å²) in [5.74, 6) is -0.133. The Bertz CT molecular complexity index is 848. The maximum absolute atomic E-state index is 13.6. The van der Waals surface area contributed by atoms with E-state index in [0.29, 0.717) is 23.4 Å². The standard InChI is InChI=1S/C19H17FN2O3/c1-2-22-18(23)17(21-19(22)24)11-13-6-5-8-15(10-13)25-12-14-7-3-4-9-16(14)20/h3-11H,2,12H2,1H3,(H,21,24)/b17-11+. The van der Waals surface area contributed by atoms with Gasteiger partial charge in [-0.05, 0) is 36.8 Å². The quantitative estimate of drug-likeness (QED) is 0.671. The maximum Gasteiger partial charge on any atom is 0.328 e. The summed E-state index contributed by atoms with van der Waals surface area (Å²) in [5, 5.41) is 2.55. The van der Waals surface area contributed by atoms with Gasteiger partial charge in [0.05, 0.1) is 0 Å². The molecule has 0 bridgehead atoms. The number of carbonyl (C=O) groups is 2. The molecule has 0 atom stereocenters. The first kappa shape index (κ1) is 16.7. The minimum Gasteiger partial charge on any atom is -0.489 e. The second-order valence-corrected chi connectivity index (χ2v) is 5.49. The van der Waals surface area contributed by atoms with Crippen LogP contribution in [0.5, 0.6) is 5.75 Å². The van der Waals surface area contributed by atoms with E-state index in [1.807, 2.05) is 0 Å². The lowest BCUT2D eigenvalue weighted by atomic mass is 10.1. The van der Waals surface area contributed by atoms with E-state index in [2.05, 4.69) is 5.32 Å². The smallest absolute Gasteiger partial charge is 0.328 e. The molecule has 3 rings (SSSR count). The van der Waals surface area contributed by atoms with Crippen LogP contribution in [0.3, 0.4) is 0 Å². The van der Waals surface area contributed by atoms with Crippen LogP contribution in [0.4, 0.5) is 9.18 Å². The highest BCUT2D eigenvalue weighted by Crippen LogP contribution is 2.19. The van der Waals surface area contributed by atoms with Gasteiger partial charge >= 0.3 is 6.03 Å².